The van der Waals surface area contributed by atoms with Crippen LogP contribution in [0.1, 0.15) is 38.6 Å². The lowest BCUT2D eigenvalue weighted by Gasteiger charge is -2.35. The number of anilines is 1. The number of rotatable bonds is 1. The second kappa shape index (κ2) is 5.49. The van der Waals surface area contributed by atoms with E-state index in [0.29, 0.717) is 6.04 Å². The quantitative estimate of drug-likeness (QED) is 0.842. The van der Waals surface area contributed by atoms with Gasteiger partial charge in [-0.2, -0.15) is 0 Å². The van der Waals surface area contributed by atoms with Crippen molar-refractivity contribution in [1.82, 2.24) is 10.3 Å². The van der Waals surface area contributed by atoms with Gasteiger partial charge in [0.1, 0.15) is 0 Å². The van der Waals surface area contributed by atoms with Crippen LogP contribution in [-0.2, 0) is 0 Å². The van der Waals surface area contributed by atoms with Gasteiger partial charge in [-0.3, -0.25) is 4.98 Å². The van der Waals surface area contributed by atoms with E-state index in [9.17, 15) is 0 Å². The van der Waals surface area contributed by atoms with Crippen molar-refractivity contribution in [2.45, 2.75) is 47.1 Å². The predicted molar refractivity (Wildman–Crippen MR) is 81.8 cm³/mol. The van der Waals surface area contributed by atoms with Crippen molar-refractivity contribution in [2.24, 2.45) is 5.41 Å². The van der Waals surface area contributed by atoms with Gasteiger partial charge in [-0.15, -0.1) is 0 Å². The molecule has 3 heteroatoms. The zero-order chi connectivity index (χ0) is 14.0. The molecule has 0 amide bonds. The lowest BCUT2D eigenvalue weighted by molar-refractivity contribution is 0.280. The zero-order valence-electron chi connectivity index (χ0n) is 13.0. The van der Waals surface area contributed by atoms with Gasteiger partial charge in [-0.25, -0.2) is 0 Å². The maximum absolute atomic E-state index is 4.60. The van der Waals surface area contributed by atoms with E-state index in [1.54, 1.807) is 0 Å². The maximum atomic E-state index is 4.60. The Morgan fingerprint density at radius 3 is 2.63 bits per heavy atom. The molecule has 1 saturated heterocycles. The van der Waals surface area contributed by atoms with E-state index < -0.39 is 0 Å². The molecule has 1 aromatic heterocycles. The van der Waals surface area contributed by atoms with E-state index in [1.807, 2.05) is 0 Å². The molecular formula is C16H27N3. The van der Waals surface area contributed by atoms with Gasteiger partial charge in [-0.05, 0) is 44.4 Å². The number of pyridine rings is 1. The topological polar surface area (TPSA) is 28.2 Å². The third-order valence-corrected chi connectivity index (χ3v) is 3.98. The monoisotopic (exact) mass is 261 g/mol. The first kappa shape index (κ1) is 14.3. The summed E-state index contributed by atoms with van der Waals surface area (Å²) in [7, 11) is 0. The van der Waals surface area contributed by atoms with Crippen molar-refractivity contribution in [3.63, 3.8) is 0 Å². The molecule has 0 bridgehead atoms. The van der Waals surface area contributed by atoms with Gasteiger partial charge in [0.15, 0.2) is 0 Å². The third kappa shape index (κ3) is 3.47. The Labute approximate surface area is 117 Å². The van der Waals surface area contributed by atoms with Crippen LogP contribution in [0.5, 0.6) is 0 Å². The maximum Gasteiger partial charge on any atom is 0.0608 e. The number of aromatic nitrogens is 1. The first-order valence-electron chi connectivity index (χ1n) is 7.30. The number of aryl methyl sites for hydroxylation is 2. The fourth-order valence-corrected chi connectivity index (χ4v) is 2.73. The largest absolute Gasteiger partial charge is 0.368 e. The number of hydrogen-bond donors (Lipinski definition) is 1. The van der Waals surface area contributed by atoms with Crippen LogP contribution in [-0.4, -0.2) is 30.7 Å². The molecule has 1 atom stereocenters. The molecule has 2 heterocycles. The summed E-state index contributed by atoms with van der Waals surface area (Å²) in [5.74, 6) is 0. The number of hydrogen-bond acceptors (Lipinski definition) is 3. The van der Waals surface area contributed by atoms with Crippen LogP contribution in [0.2, 0.25) is 0 Å². The number of nitrogens with zero attached hydrogens (tertiary/aromatic N) is 2. The van der Waals surface area contributed by atoms with Crippen LogP contribution in [0.25, 0.3) is 0 Å². The minimum Gasteiger partial charge on any atom is -0.368 e. The minimum absolute atomic E-state index is 0.286. The molecule has 1 aliphatic rings. The Kier molecular flexibility index (Phi) is 4.14. The van der Waals surface area contributed by atoms with E-state index in [0.717, 1.165) is 31.0 Å². The highest BCUT2D eigenvalue weighted by atomic mass is 15.2. The normalized spacial score (nSPS) is 21.3. The third-order valence-electron chi connectivity index (χ3n) is 3.98. The highest BCUT2D eigenvalue weighted by Crippen LogP contribution is 2.26. The van der Waals surface area contributed by atoms with Crippen molar-refractivity contribution >= 4 is 5.69 Å². The Bertz CT molecular complexity index is 434. The van der Waals surface area contributed by atoms with Crippen LogP contribution < -0.4 is 10.2 Å². The van der Waals surface area contributed by atoms with Crippen molar-refractivity contribution in [2.75, 3.05) is 24.5 Å². The SMILES string of the molecule is Cc1ccc(N2CCCNC(C(C)(C)C)C2)c(C)n1. The average molecular weight is 261 g/mol. The predicted octanol–water partition coefficient (Wildman–Crippen LogP) is 2.91. The van der Waals surface area contributed by atoms with Crippen LogP contribution in [0.4, 0.5) is 5.69 Å². The molecule has 0 radical (unpaired) electrons. The summed E-state index contributed by atoms with van der Waals surface area (Å²) in [6, 6.07) is 4.87. The fourth-order valence-electron chi connectivity index (χ4n) is 2.73. The summed E-state index contributed by atoms with van der Waals surface area (Å²) >= 11 is 0. The van der Waals surface area contributed by atoms with Gasteiger partial charge in [0.25, 0.3) is 0 Å². The highest BCUT2D eigenvalue weighted by molar-refractivity contribution is 5.51. The lowest BCUT2D eigenvalue weighted by atomic mass is 9.86. The molecule has 3 nitrogen and oxygen atoms in total. The molecule has 106 valence electrons. The molecular weight excluding hydrogens is 234 g/mol. The van der Waals surface area contributed by atoms with E-state index in [-0.39, 0.29) is 5.41 Å². The Morgan fingerprint density at radius 1 is 1.26 bits per heavy atom. The minimum atomic E-state index is 0.286. The van der Waals surface area contributed by atoms with E-state index in [1.165, 1.54) is 12.1 Å². The summed E-state index contributed by atoms with van der Waals surface area (Å²) in [5.41, 5.74) is 3.83. The van der Waals surface area contributed by atoms with Crippen LogP contribution in [0, 0.1) is 19.3 Å². The highest BCUT2D eigenvalue weighted by Gasteiger charge is 2.28. The first-order chi connectivity index (χ1) is 8.88. The van der Waals surface area contributed by atoms with E-state index >= 15 is 0 Å². The Balaban J connectivity index is 2.22. The lowest BCUT2D eigenvalue weighted by Crippen LogP contribution is -2.46. The molecule has 1 fully saturated rings. The molecule has 19 heavy (non-hydrogen) atoms. The summed E-state index contributed by atoms with van der Waals surface area (Å²) in [6.07, 6.45) is 1.19. The molecule has 0 aliphatic carbocycles. The van der Waals surface area contributed by atoms with Crippen LogP contribution in [0.15, 0.2) is 12.1 Å². The smallest absolute Gasteiger partial charge is 0.0608 e. The zero-order valence-corrected chi connectivity index (χ0v) is 13.0. The molecule has 1 aromatic rings. The standard InChI is InChI=1S/C16H27N3/c1-12-7-8-14(13(2)18-12)19-10-6-9-17-15(11-19)16(3,4)5/h7-8,15,17H,6,9-11H2,1-5H3. The van der Waals surface area contributed by atoms with Crippen LogP contribution in [0.3, 0.4) is 0 Å². The molecule has 1 N–H and O–H groups in total. The molecule has 1 unspecified atom stereocenters. The van der Waals surface area contributed by atoms with E-state index in [4.69, 9.17) is 0 Å². The van der Waals surface area contributed by atoms with Gasteiger partial charge < -0.3 is 10.2 Å². The summed E-state index contributed by atoms with van der Waals surface area (Å²) in [4.78, 5) is 7.10. The van der Waals surface area contributed by atoms with Gasteiger partial charge in [0, 0.05) is 24.8 Å². The first-order valence-corrected chi connectivity index (χ1v) is 7.30. The number of nitrogens with one attached hydrogen (secondary N) is 1. The summed E-state index contributed by atoms with van der Waals surface area (Å²) < 4.78 is 0. The summed E-state index contributed by atoms with van der Waals surface area (Å²) in [5, 5.41) is 3.69. The Hall–Kier alpha value is -1.09. The fraction of sp³-hybridized carbons (Fsp3) is 0.688. The van der Waals surface area contributed by atoms with Crippen molar-refractivity contribution < 1.29 is 0 Å². The van der Waals surface area contributed by atoms with Crippen molar-refractivity contribution in [1.29, 1.82) is 0 Å². The van der Waals surface area contributed by atoms with Gasteiger partial charge in [0.2, 0.25) is 0 Å². The second-order valence-electron chi connectivity index (χ2n) is 6.73. The molecule has 0 spiro atoms. The van der Waals surface area contributed by atoms with Gasteiger partial charge in [-0.1, -0.05) is 20.8 Å². The molecule has 1 aliphatic heterocycles. The molecule has 2 rings (SSSR count). The van der Waals surface area contributed by atoms with Crippen molar-refractivity contribution in [3.8, 4) is 0 Å². The molecule has 0 saturated carbocycles. The second-order valence-corrected chi connectivity index (χ2v) is 6.73. The summed E-state index contributed by atoms with van der Waals surface area (Å²) in [6.45, 7) is 14.4. The van der Waals surface area contributed by atoms with Gasteiger partial charge in [0.05, 0.1) is 11.4 Å². The molecule has 0 aromatic carbocycles. The Morgan fingerprint density at radius 2 is 2.00 bits per heavy atom. The van der Waals surface area contributed by atoms with E-state index in [2.05, 4.69) is 62.0 Å². The van der Waals surface area contributed by atoms with Crippen LogP contribution >= 0.6 is 0 Å². The average Bonchev–Trinajstić information content (AvgIpc) is 2.54. The van der Waals surface area contributed by atoms with Crippen molar-refractivity contribution in [3.05, 3.63) is 23.5 Å². The van der Waals surface area contributed by atoms with Gasteiger partial charge >= 0.3 is 0 Å².